The lowest BCUT2D eigenvalue weighted by Gasteiger charge is -2.24. The lowest BCUT2D eigenvalue weighted by atomic mass is 9.97. The fraction of sp³-hybridized carbons (Fsp3) is 0.529. The van der Waals surface area contributed by atoms with E-state index in [-0.39, 0.29) is 23.8 Å². The Morgan fingerprint density at radius 2 is 1.91 bits per heavy atom. The second-order valence-electron chi connectivity index (χ2n) is 6.21. The molecule has 3 rings (SSSR count). The third kappa shape index (κ3) is 2.99. The topological polar surface area (TPSA) is 61.4 Å². The van der Waals surface area contributed by atoms with E-state index in [0.717, 1.165) is 31.6 Å². The predicted molar refractivity (Wildman–Crippen MR) is 85.5 cm³/mol. The molecule has 118 valence electrons. The van der Waals surface area contributed by atoms with Gasteiger partial charge in [0.25, 0.3) is 0 Å². The molecule has 1 aromatic carbocycles. The van der Waals surface area contributed by atoms with Crippen LogP contribution in [-0.2, 0) is 9.59 Å². The summed E-state index contributed by atoms with van der Waals surface area (Å²) < 4.78 is 0. The standard InChI is InChI=1S/C17H23N3O2/c1-12-11-15(19-16(21)13-7-9-18-10-8-13)17(22)20(12)14-5-3-2-4-6-14/h2-6,12-13,15,18H,7-11H2,1H3,(H,19,21). The van der Waals surface area contributed by atoms with E-state index in [1.54, 1.807) is 4.90 Å². The van der Waals surface area contributed by atoms with Gasteiger partial charge < -0.3 is 15.5 Å². The third-order valence-electron chi connectivity index (χ3n) is 4.61. The average molecular weight is 301 g/mol. The molecule has 2 N–H and O–H groups in total. The van der Waals surface area contributed by atoms with Gasteiger partial charge in [0.2, 0.25) is 11.8 Å². The van der Waals surface area contributed by atoms with Gasteiger partial charge in [-0.3, -0.25) is 9.59 Å². The molecule has 2 saturated heterocycles. The number of amides is 2. The van der Waals surface area contributed by atoms with Crippen LogP contribution in [0.2, 0.25) is 0 Å². The predicted octanol–water partition coefficient (Wildman–Crippen LogP) is 1.30. The maximum absolute atomic E-state index is 12.6. The van der Waals surface area contributed by atoms with Crippen molar-refractivity contribution in [2.45, 2.75) is 38.3 Å². The molecule has 22 heavy (non-hydrogen) atoms. The highest BCUT2D eigenvalue weighted by Gasteiger charge is 2.39. The number of anilines is 1. The summed E-state index contributed by atoms with van der Waals surface area (Å²) >= 11 is 0. The Morgan fingerprint density at radius 3 is 2.59 bits per heavy atom. The minimum atomic E-state index is -0.391. The first-order valence-corrected chi connectivity index (χ1v) is 8.06. The lowest BCUT2D eigenvalue weighted by Crippen LogP contribution is -2.46. The van der Waals surface area contributed by atoms with E-state index in [9.17, 15) is 9.59 Å². The van der Waals surface area contributed by atoms with Crippen molar-refractivity contribution in [1.82, 2.24) is 10.6 Å². The van der Waals surface area contributed by atoms with Gasteiger partial charge in [-0.15, -0.1) is 0 Å². The summed E-state index contributed by atoms with van der Waals surface area (Å²) in [5.74, 6) is 0.0677. The number of nitrogens with one attached hydrogen (secondary N) is 2. The summed E-state index contributed by atoms with van der Waals surface area (Å²) in [6, 6.07) is 9.37. The molecule has 0 saturated carbocycles. The van der Waals surface area contributed by atoms with Gasteiger partial charge in [-0.2, -0.15) is 0 Å². The van der Waals surface area contributed by atoms with Crippen LogP contribution >= 0.6 is 0 Å². The number of hydrogen-bond donors (Lipinski definition) is 2. The van der Waals surface area contributed by atoms with Crippen molar-refractivity contribution in [3.8, 4) is 0 Å². The highest BCUT2D eigenvalue weighted by Crippen LogP contribution is 2.27. The van der Waals surface area contributed by atoms with Crippen molar-refractivity contribution in [3.63, 3.8) is 0 Å². The zero-order chi connectivity index (χ0) is 15.5. The zero-order valence-corrected chi connectivity index (χ0v) is 12.9. The van der Waals surface area contributed by atoms with Gasteiger partial charge in [-0.1, -0.05) is 18.2 Å². The quantitative estimate of drug-likeness (QED) is 0.884. The average Bonchev–Trinajstić information content (AvgIpc) is 2.83. The molecular formula is C17H23N3O2. The van der Waals surface area contributed by atoms with Crippen molar-refractivity contribution in [3.05, 3.63) is 30.3 Å². The van der Waals surface area contributed by atoms with Crippen molar-refractivity contribution >= 4 is 17.5 Å². The molecule has 2 unspecified atom stereocenters. The number of hydrogen-bond acceptors (Lipinski definition) is 3. The molecule has 2 aliphatic rings. The maximum Gasteiger partial charge on any atom is 0.249 e. The molecule has 5 heteroatoms. The minimum absolute atomic E-state index is 0.000912. The van der Waals surface area contributed by atoms with E-state index in [0.29, 0.717) is 6.42 Å². The maximum atomic E-state index is 12.6. The van der Waals surface area contributed by atoms with E-state index in [1.165, 1.54) is 0 Å². The van der Waals surface area contributed by atoms with Gasteiger partial charge in [-0.05, 0) is 51.4 Å². The number of nitrogens with zero attached hydrogens (tertiary/aromatic N) is 1. The summed E-state index contributed by atoms with van der Waals surface area (Å²) in [7, 11) is 0. The molecule has 0 radical (unpaired) electrons. The lowest BCUT2D eigenvalue weighted by molar-refractivity contribution is -0.129. The Kier molecular flexibility index (Phi) is 4.43. The van der Waals surface area contributed by atoms with Crippen LogP contribution in [0, 0.1) is 5.92 Å². The second kappa shape index (κ2) is 6.48. The Labute approximate surface area is 131 Å². The van der Waals surface area contributed by atoms with E-state index in [1.807, 2.05) is 37.3 Å². The summed E-state index contributed by atoms with van der Waals surface area (Å²) in [5, 5.41) is 6.22. The molecule has 2 fully saturated rings. The first kappa shape index (κ1) is 15.0. The summed E-state index contributed by atoms with van der Waals surface area (Å²) in [4.78, 5) is 26.8. The molecule has 0 spiro atoms. The van der Waals surface area contributed by atoms with Crippen LogP contribution in [0.3, 0.4) is 0 Å². The van der Waals surface area contributed by atoms with Crippen molar-refractivity contribution < 1.29 is 9.59 Å². The van der Waals surface area contributed by atoms with Crippen LogP contribution < -0.4 is 15.5 Å². The van der Waals surface area contributed by atoms with Crippen molar-refractivity contribution in [2.24, 2.45) is 5.92 Å². The van der Waals surface area contributed by atoms with Crippen molar-refractivity contribution in [1.29, 1.82) is 0 Å². The molecule has 0 aliphatic carbocycles. The molecule has 2 aliphatic heterocycles. The number of para-hydroxylation sites is 1. The Bertz CT molecular complexity index is 540. The van der Waals surface area contributed by atoms with Gasteiger partial charge in [0.15, 0.2) is 0 Å². The smallest absolute Gasteiger partial charge is 0.249 e. The van der Waals surface area contributed by atoms with Gasteiger partial charge in [0.05, 0.1) is 0 Å². The van der Waals surface area contributed by atoms with E-state index in [4.69, 9.17) is 0 Å². The van der Waals surface area contributed by atoms with Crippen LogP contribution in [0.5, 0.6) is 0 Å². The normalized spacial score (nSPS) is 26.2. The van der Waals surface area contributed by atoms with Gasteiger partial charge >= 0.3 is 0 Å². The van der Waals surface area contributed by atoms with Gasteiger partial charge in [-0.25, -0.2) is 0 Å². The first-order valence-electron chi connectivity index (χ1n) is 8.06. The van der Waals surface area contributed by atoms with Gasteiger partial charge in [0, 0.05) is 17.6 Å². The van der Waals surface area contributed by atoms with Crippen LogP contribution in [0.15, 0.2) is 30.3 Å². The Hall–Kier alpha value is -1.88. The van der Waals surface area contributed by atoms with Crippen molar-refractivity contribution in [2.75, 3.05) is 18.0 Å². The Balaban J connectivity index is 1.66. The van der Waals surface area contributed by atoms with Crippen LogP contribution in [0.4, 0.5) is 5.69 Å². The van der Waals surface area contributed by atoms with E-state index < -0.39 is 6.04 Å². The summed E-state index contributed by atoms with van der Waals surface area (Å²) in [6.45, 7) is 3.79. The highest BCUT2D eigenvalue weighted by molar-refractivity contribution is 6.02. The monoisotopic (exact) mass is 301 g/mol. The van der Waals surface area contributed by atoms with Crippen LogP contribution in [0.25, 0.3) is 0 Å². The molecule has 0 aromatic heterocycles. The number of carbonyl (C=O) groups is 2. The zero-order valence-electron chi connectivity index (χ0n) is 12.9. The molecular weight excluding hydrogens is 278 g/mol. The summed E-state index contributed by atoms with van der Waals surface area (Å²) in [5.41, 5.74) is 0.901. The minimum Gasteiger partial charge on any atom is -0.344 e. The fourth-order valence-electron chi connectivity index (χ4n) is 3.40. The van der Waals surface area contributed by atoms with Gasteiger partial charge in [0.1, 0.15) is 6.04 Å². The largest absolute Gasteiger partial charge is 0.344 e. The second-order valence-corrected chi connectivity index (χ2v) is 6.21. The number of rotatable bonds is 3. The fourth-order valence-corrected chi connectivity index (χ4v) is 3.40. The van der Waals surface area contributed by atoms with Crippen LogP contribution in [0.1, 0.15) is 26.2 Å². The van der Waals surface area contributed by atoms with Crippen LogP contribution in [-0.4, -0.2) is 37.0 Å². The number of piperidine rings is 1. The molecule has 2 heterocycles. The molecule has 2 atom stereocenters. The summed E-state index contributed by atoms with van der Waals surface area (Å²) in [6.07, 6.45) is 2.37. The number of carbonyl (C=O) groups excluding carboxylic acids is 2. The molecule has 0 bridgehead atoms. The molecule has 1 aromatic rings. The van der Waals surface area contributed by atoms with E-state index >= 15 is 0 Å². The third-order valence-corrected chi connectivity index (χ3v) is 4.61. The highest BCUT2D eigenvalue weighted by atomic mass is 16.2. The first-order chi connectivity index (χ1) is 10.7. The Morgan fingerprint density at radius 1 is 1.23 bits per heavy atom. The molecule has 2 amide bonds. The SMILES string of the molecule is CC1CC(NC(=O)C2CCNCC2)C(=O)N1c1ccccc1. The number of benzene rings is 1. The molecule has 5 nitrogen and oxygen atoms in total. The van der Waals surface area contributed by atoms with E-state index in [2.05, 4.69) is 10.6 Å².